The number of carbonyl (C=O) groups is 1. The second kappa shape index (κ2) is 8.19. The van der Waals surface area contributed by atoms with E-state index in [0.717, 1.165) is 18.4 Å². The normalized spacial score (nSPS) is 12.2. The van der Waals surface area contributed by atoms with E-state index in [2.05, 4.69) is 22.3 Å². The van der Waals surface area contributed by atoms with Crippen LogP contribution in [0.2, 0.25) is 0 Å². The topological polar surface area (TPSA) is 80.0 Å². The van der Waals surface area contributed by atoms with E-state index >= 15 is 0 Å². The largest absolute Gasteiger partial charge is 0.478 e. The third kappa shape index (κ3) is 3.80. The molecule has 0 aliphatic heterocycles. The fourth-order valence-electron chi connectivity index (χ4n) is 2.82. The number of carboxylic acid groups (broad SMARTS) is 1. The minimum atomic E-state index is -1.01. The van der Waals surface area contributed by atoms with Crippen molar-refractivity contribution in [3.05, 3.63) is 53.9 Å². The maximum atomic E-state index is 11.5. The van der Waals surface area contributed by atoms with E-state index in [1.807, 2.05) is 30.3 Å². The van der Waals surface area contributed by atoms with Crippen molar-refractivity contribution in [1.29, 1.82) is 0 Å². The van der Waals surface area contributed by atoms with Gasteiger partial charge in [0.05, 0.1) is 29.2 Å². The van der Waals surface area contributed by atoms with E-state index in [0.29, 0.717) is 29.8 Å². The number of hydrogen-bond donors (Lipinski definition) is 2. The van der Waals surface area contributed by atoms with Crippen LogP contribution in [0, 0.1) is 0 Å². The molecular weight excluding hydrogens is 352 g/mol. The Balaban J connectivity index is 1.94. The lowest BCUT2D eigenvalue weighted by atomic mass is 10.1. The number of nitrogens with zero attached hydrogens (tertiary/aromatic N) is 3. The highest BCUT2D eigenvalue weighted by Crippen LogP contribution is 2.28. The summed E-state index contributed by atoms with van der Waals surface area (Å²) in [6, 6.07) is 9.77. The lowest BCUT2D eigenvalue weighted by molar-refractivity contribution is 0.0697. The average Bonchev–Trinajstić information content (AvgIpc) is 3.05. The number of anilines is 1. The van der Waals surface area contributed by atoms with Crippen LogP contribution < -0.4 is 5.32 Å². The van der Waals surface area contributed by atoms with Gasteiger partial charge in [-0.25, -0.2) is 14.5 Å². The van der Waals surface area contributed by atoms with Crippen molar-refractivity contribution in [2.24, 2.45) is 0 Å². The third-order valence-electron chi connectivity index (χ3n) is 4.22. The maximum Gasteiger partial charge on any atom is 0.339 e. The molecule has 136 valence electrons. The number of alkyl halides is 1. The van der Waals surface area contributed by atoms with Crippen molar-refractivity contribution >= 4 is 34.3 Å². The summed E-state index contributed by atoms with van der Waals surface area (Å²) >= 11 is 6.52. The molecule has 2 heterocycles. The molecule has 3 aromatic rings. The lowest BCUT2D eigenvalue weighted by Gasteiger charge is -2.12. The van der Waals surface area contributed by atoms with E-state index in [1.165, 1.54) is 6.20 Å². The molecule has 6 nitrogen and oxygen atoms in total. The third-order valence-corrected chi connectivity index (χ3v) is 4.61. The standard InChI is InChI=1S/C19H21ClN4O2/c1-2-3-9-21-17-14-11-23-24(18(14)22-10-15(17)19(25)26)12-16(20)13-7-5-4-6-8-13/h4-8,10-11,16H,2-3,9,12H2,1H3,(H,21,22)(H,25,26). The number of nitrogens with one attached hydrogen (secondary N) is 1. The predicted molar refractivity (Wildman–Crippen MR) is 103 cm³/mol. The van der Waals surface area contributed by atoms with Gasteiger partial charge in [-0.2, -0.15) is 5.10 Å². The predicted octanol–water partition coefficient (Wildman–Crippen LogP) is 4.32. The molecular formula is C19H21ClN4O2. The van der Waals surface area contributed by atoms with Crippen LogP contribution in [0.5, 0.6) is 0 Å². The smallest absolute Gasteiger partial charge is 0.339 e. The van der Waals surface area contributed by atoms with Gasteiger partial charge in [0.1, 0.15) is 5.56 Å². The van der Waals surface area contributed by atoms with Crippen LogP contribution in [0.15, 0.2) is 42.7 Å². The molecule has 1 aromatic carbocycles. The number of fused-ring (bicyclic) bond motifs is 1. The first-order valence-electron chi connectivity index (χ1n) is 8.62. The van der Waals surface area contributed by atoms with Gasteiger partial charge in [0, 0.05) is 12.7 Å². The Labute approximate surface area is 156 Å². The minimum absolute atomic E-state index is 0.152. The molecule has 0 bridgehead atoms. The first-order chi connectivity index (χ1) is 12.6. The van der Waals surface area contributed by atoms with Gasteiger partial charge in [0.2, 0.25) is 0 Å². The molecule has 0 aliphatic rings. The van der Waals surface area contributed by atoms with E-state index < -0.39 is 5.97 Å². The Morgan fingerprint density at radius 2 is 2.08 bits per heavy atom. The Morgan fingerprint density at radius 3 is 2.77 bits per heavy atom. The van der Waals surface area contributed by atoms with Crippen LogP contribution in [-0.4, -0.2) is 32.4 Å². The van der Waals surface area contributed by atoms with Gasteiger partial charge < -0.3 is 10.4 Å². The molecule has 1 atom stereocenters. The molecule has 0 saturated carbocycles. The monoisotopic (exact) mass is 372 g/mol. The first-order valence-corrected chi connectivity index (χ1v) is 9.06. The van der Waals surface area contributed by atoms with E-state index in [4.69, 9.17) is 11.6 Å². The summed E-state index contributed by atoms with van der Waals surface area (Å²) in [5.41, 5.74) is 2.34. The van der Waals surface area contributed by atoms with Gasteiger partial charge >= 0.3 is 5.97 Å². The Bertz CT molecular complexity index is 895. The molecule has 1 unspecified atom stereocenters. The number of aromatic nitrogens is 3. The van der Waals surface area contributed by atoms with Crippen molar-refractivity contribution in [2.75, 3.05) is 11.9 Å². The molecule has 0 spiro atoms. The van der Waals surface area contributed by atoms with Crippen molar-refractivity contribution < 1.29 is 9.90 Å². The number of benzene rings is 1. The summed E-state index contributed by atoms with van der Waals surface area (Å²) in [5, 5.41) is 17.5. The maximum absolute atomic E-state index is 11.5. The molecule has 0 aliphatic carbocycles. The van der Waals surface area contributed by atoms with Gasteiger partial charge in [-0.1, -0.05) is 43.7 Å². The van der Waals surface area contributed by atoms with Crippen molar-refractivity contribution in [2.45, 2.75) is 31.7 Å². The van der Waals surface area contributed by atoms with Crippen molar-refractivity contribution in [3.8, 4) is 0 Å². The quantitative estimate of drug-likeness (QED) is 0.454. The van der Waals surface area contributed by atoms with E-state index in [-0.39, 0.29) is 10.9 Å². The number of unbranched alkanes of at least 4 members (excludes halogenated alkanes) is 1. The second-order valence-corrected chi connectivity index (χ2v) is 6.60. The number of carboxylic acids is 1. The number of halogens is 1. The summed E-state index contributed by atoms with van der Waals surface area (Å²) in [4.78, 5) is 15.9. The molecule has 3 rings (SSSR count). The number of hydrogen-bond acceptors (Lipinski definition) is 4. The fraction of sp³-hybridized carbons (Fsp3) is 0.316. The number of pyridine rings is 1. The molecule has 0 saturated heterocycles. The average molecular weight is 373 g/mol. The lowest BCUT2D eigenvalue weighted by Crippen LogP contribution is -2.10. The highest BCUT2D eigenvalue weighted by molar-refractivity contribution is 6.20. The van der Waals surface area contributed by atoms with Crippen LogP contribution in [0.25, 0.3) is 11.0 Å². The van der Waals surface area contributed by atoms with Gasteiger partial charge in [-0.15, -0.1) is 11.6 Å². The zero-order chi connectivity index (χ0) is 18.5. The zero-order valence-corrected chi connectivity index (χ0v) is 15.3. The van der Waals surface area contributed by atoms with Crippen LogP contribution in [-0.2, 0) is 6.54 Å². The van der Waals surface area contributed by atoms with Crippen molar-refractivity contribution in [1.82, 2.24) is 14.8 Å². The Hall–Kier alpha value is -2.60. The summed E-state index contributed by atoms with van der Waals surface area (Å²) < 4.78 is 1.72. The van der Waals surface area contributed by atoms with Crippen LogP contribution in [0.4, 0.5) is 5.69 Å². The van der Waals surface area contributed by atoms with Crippen LogP contribution in [0.1, 0.15) is 41.1 Å². The number of rotatable bonds is 8. The summed E-state index contributed by atoms with van der Waals surface area (Å²) in [6.07, 6.45) is 5.00. The highest BCUT2D eigenvalue weighted by Gasteiger charge is 2.19. The minimum Gasteiger partial charge on any atom is -0.478 e. The first kappa shape index (κ1) is 18.2. The molecule has 7 heteroatoms. The van der Waals surface area contributed by atoms with E-state index in [1.54, 1.807) is 10.9 Å². The van der Waals surface area contributed by atoms with Gasteiger partial charge in [0.25, 0.3) is 0 Å². The SMILES string of the molecule is CCCCNc1c(C(=O)O)cnc2c1cnn2CC(Cl)c1ccccc1. The molecule has 2 aromatic heterocycles. The molecule has 0 amide bonds. The van der Waals surface area contributed by atoms with Gasteiger partial charge in [-0.3, -0.25) is 0 Å². The Kier molecular flexibility index (Phi) is 5.73. The van der Waals surface area contributed by atoms with Crippen LogP contribution >= 0.6 is 11.6 Å². The fourth-order valence-corrected chi connectivity index (χ4v) is 3.10. The van der Waals surface area contributed by atoms with Gasteiger partial charge in [0.15, 0.2) is 5.65 Å². The summed E-state index contributed by atoms with van der Waals surface area (Å²) in [5.74, 6) is -1.01. The second-order valence-electron chi connectivity index (χ2n) is 6.07. The van der Waals surface area contributed by atoms with Gasteiger partial charge in [-0.05, 0) is 12.0 Å². The van der Waals surface area contributed by atoms with E-state index in [9.17, 15) is 9.90 Å². The Morgan fingerprint density at radius 1 is 1.31 bits per heavy atom. The zero-order valence-electron chi connectivity index (χ0n) is 14.5. The molecule has 26 heavy (non-hydrogen) atoms. The summed E-state index contributed by atoms with van der Waals surface area (Å²) in [7, 11) is 0. The molecule has 2 N–H and O–H groups in total. The molecule has 0 radical (unpaired) electrons. The van der Waals surface area contributed by atoms with Crippen LogP contribution in [0.3, 0.4) is 0 Å². The summed E-state index contributed by atoms with van der Waals surface area (Å²) in [6.45, 7) is 3.23. The highest BCUT2D eigenvalue weighted by atomic mass is 35.5. The number of aromatic carboxylic acids is 1. The van der Waals surface area contributed by atoms with Crippen molar-refractivity contribution in [3.63, 3.8) is 0 Å². The molecule has 0 fully saturated rings.